The maximum atomic E-state index is 12.9. The van der Waals surface area contributed by atoms with E-state index < -0.39 is 20.2 Å². The van der Waals surface area contributed by atoms with E-state index in [1.807, 2.05) is 20.8 Å². The SMILES string of the molecule is CC(C)(C)C#Cc1cc(Cl)c(C2(N)CS(=O)(=O)C3(CCC3)C(N)=N2)s1. The first kappa shape index (κ1) is 18.7. The van der Waals surface area contributed by atoms with E-state index in [0.717, 1.165) is 11.3 Å². The van der Waals surface area contributed by atoms with Crippen molar-refractivity contribution in [2.45, 2.75) is 50.4 Å². The third-order valence-corrected chi connectivity index (χ3v) is 8.85. The molecule has 2 aliphatic rings. The number of aliphatic imine (C=N–C) groups is 1. The standard InChI is InChI=1S/C17H22ClN3O2S2/c1-15(2,3)8-5-11-9-12(18)13(24-11)17(20)10-25(22,23)16(6-4-7-16)14(19)21-17/h9H,4,6-7,10,20H2,1-3H3,(H2,19,21). The molecule has 2 heterocycles. The Labute approximate surface area is 157 Å². The summed E-state index contributed by atoms with van der Waals surface area (Å²) in [5, 5.41) is 0.377. The van der Waals surface area contributed by atoms with Gasteiger partial charge in [0.1, 0.15) is 10.6 Å². The first-order valence-electron chi connectivity index (χ1n) is 8.09. The molecule has 1 aromatic heterocycles. The predicted molar refractivity (Wildman–Crippen MR) is 104 cm³/mol. The quantitative estimate of drug-likeness (QED) is 0.709. The molecule has 1 spiro atoms. The van der Waals surface area contributed by atoms with Crippen LogP contribution < -0.4 is 11.5 Å². The lowest BCUT2D eigenvalue weighted by Gasteiger charge is -2.46. The van der Waals surface area contributed by atoms with E-state index in [1.54, 1.807) is 6.07 Å². The van der Waals surface area contributed by atoms with Crippen molar-refractivity contribution in [3.63, 3.8) is 0 Å². The summed E-state index contributed by atoms with van der Waals surface area (Å²) in [6.07, 6.45) is 1.86. The number of hydrogen-bond acceptors (Lipinski definition) is 6. The lowest BCUT2D eigenvalue weighted by atomic mass is 9.83. The highest BCUT2D eigenvalue weighted by Crippen LogP contribution is 2.47. The molecule has 1 fully saturated rings. The van der Waals surface area contributed by atoms with E-state index in [0.29, 0.717) is 22.7 Å². The van der Waals surface area contributed by atoms with Gasteiger partial charge in [-0.3, -0.25) is 0 Å². The van der Waals surface area contributed by atoms with Crippen LogP contribution in [-0.4, -0.2) is 24.8 Å². The van der Waals surface area contributed by atoms with Crippen molar-refractivity contribution in [1.82, 2.24) is 0 Å². The number of hydrogen-bond donors (Lipinski definition) is 2. The van der Waals surface area contributed by atoms with Crippen LogP contribution in [0.15, 0.2) is 11.1 Å². The molecule has 1 aliphatic carbocycles. The Bertz CT molecular complexity index is 912. The average Bonchev–Trinajstić information content (AvgIpc) is 2.73. The number of amidine groups is 1. The molecular formula is C17H22ClN3O2S2. The van der Waals surface area contributed by atoms with E-state index in [-0.39, 0.29) is 17.0 Å². The summed E-state index contributed by atoms with van der Waals surface area (Å²) in [4.78, 5) is 5.63. The number of sulfone groups is 1. The van der Waals surface area contributed by atoms with E-state index >= 15 is 0 Å². The fraction of sp³-hybridized carbons (Fsp3) is 0.588. The van der Waals surface area contributed by atoms with Crippen molar-refractivity contribution in [1.29, 1.82) is 0 Å². The van der Waals surface area contributed by atoms with E-state index in [9.17, 15) is 8.42 Å². The van der Waals surface area contributed by atoms with Gasteiger partial charge in [0, 0.05) is 5.41 Å². The molecule has 8 heteroatoms. The molecule has 1 aromatic rings. The van der Waals surface area contributed by atoms with Crippen LogP contribution in [0, 0.1) is 17.3 Å². The molecular weight excluding hydrogens is 378 g/mol. The number of halogens is 1. The van der Waals surface area contributed by atoms with Crippen LogP contribution in [0.5, 0.6) is 0 Å². The van der Waals surface area contributed by atoms with Crippen LogP contribution in [0.2, 0.25) is 5.02 Å². The van der Waals surface area contributed by atoms with Gasteiger partial charge in [0.15, 0.2) is 15.5 Å². The number of nitrogens with two attached hydrogens (primary N) is 2. The van der Waals surface area contributed by atoms with Crippen molar-refractivity contribution in [2.75, 3.05) is 5.75 Å². The lowest BCUT2D eigenvalue weighted by molar-refractivity contribution is 0.389. The molecule has 1 aliphatic heterocycles. The van der Waals surface area contributed by atoms with Gasteiger partial charge in [-0.15, -0.1) is 11.3 Å². The van der Waals surface area contributed by atoms with Crippen LogP contribution in [0.25, 0.3) is 0 Å². The Kier molecular flexibility index (Phi) is 4.28. The Morgan fingerprint density at radius 1 is 1.36 bits per heavy atom. The number of thiophene rings is 1. The van der Waals surface area contributed by atoms with E-state index in [2.05, 4.69) is 16.8 Å². The molecule has 5 nitrogen and oxygen atoms in total. The predicted octanol–water partition coefficient (Wildman–Crippen LogP) is 2.62. The highest BCUT2D eigenvalue weighted by Gasteiger charge is 2.58. The third kappa shape index (κ3) is 3.10. The molecule has 25 heavy (non-hydrogen) atoms. The maximum absolute atomic E-state index is 12.9. The minimum atomic E-state index is -3.50. The molecule has 0 bridgehead atoms. The summed E-state index contributed by atoms with van der Waals surface area (Å²) in [5.41, 5.74) is 10.8. The summed E-state index contributed by atoms with van der Waals surface area (Å²) in [6.45, 7) is 6.03. The van der Waals surface area contributed by atoms with Crippen LogP contribution in [-0.2, 0) is 15.5 Å². The van der Waals surface area contributed by atoms with Crippen LogP contribution in [0.3, 0.4) is 0 Å². The molecule has 1 saturated carbocycles. The topological polar surface area (TPSA) is 98.5 Å². The Morgan fingerprint density at radius 2 is 2.00 bits per heavy atom. The molecule has 136 valence electrons. The number of nitrogens with zero attached hydrogens (tertiary/aromatic N) is 1. The summed E-state index contributed by atoms with van der Waals surface area (Å²) in [6, 6.07) is 1.71. The zero-order valence-corrected chi connectivity index (χ0v) is 16.9. The maximum Gasteiger partial charge on any atom is 0.167 e. The zero-order valence-electron chi connectivity index (χ0n) is 14.5. The summed E-state index contributed by atoms with van der Waals surface area (Å²) in [7, 11) is -3.50. The average molecular weight is 400 g/mol. The Hall–Kier alpha value is -1.07. The summed E-state index contributed by atoms with van der Waals surface area (Å²) < 4.78 is 24.7. The highest BCUT2D eigenvalue weighted by molar-refractivity contribution is 7.93. The van der Waals surface area contributed by atoms with Gasteiger partial charge in [0.25, 0.3) is 0 Å². The van der Waals surface area contributed by atoms with E-state index in [1.165, 1.54) is 11.3 Å². The molecule has 0 saturated heterocycles. The molecule has 0 amide bonds. The molecule has 0 aromatic carbocycles. The van der Waals surface area contributed by atoms with Crippen molar-refractivity contribution >= 4 is 38.6 Å². The molecule has 0 radical (unpaired) electrons. The number of rotatable bonds is 1. The smallest absolute Gasteiger partial charge is 0.167 e. The summed E-state index contributed by atoms with van der Waals surface area (Å²) >= 11 is 7.61. The van der Waals surface area contributed by atoms with Gasteiger partial charge in [-0.05, 0) is 46.1 Å². The van der Waals surface area contributed by atoms with Crippen molar-refractivity contribution in [2.24, 2.45) is 21.9 Å². The van der Waals surface area contributed by atoms with Crippen LogP contribution >= 0.6 is 22.9 Å². The Balaban J connectivity index is 2.05. The minimum Gasteiger partial charge on any atom is -0.386 e. The summed E-state index contributed by atoms with van der Waals surface area (Å²) in [5.74, 6) is 6.03. The van der Waals surface area contributed by atoms with Gasteiger partial charge in [0.05, 0.1) is 20.5 Å². The van der Waals surface area contributed by atoms with Gasteiger partial charge in [0.2, 0.25) is 0 Å². The van der Waals surface area contributed by atoms with E-state index in [4.69, 9.17) is 23.1 Å². The molecule has 1 unspecified atom stereocenters. The second-order valence-corrected chi connectivity index (χ2v) is 11.6. The van der Waals surface area contributed by atoms with Crippen molar-refractivity contribution in [3.05, 3.63) is 20.8 Å². The van der Waals surface area contributed by atoms with Gasteiger partial charge in [-0.25, -0.2) is 13.4 Å². The van der Waals surface area contributed by atoms with Gasteiger partial charge in [-0.1, -0.05) is 23.4 Å². The lowest BCUT2D eigenvalue weighted by Crippen LogP contribution is -2.63. The van der Waals surface area contributed by atoms with Gasteiger partial charge in [-0.2, -0.15) is 0 Å². The van der Waals surface area contributed by atoms with Crippen molar-refractivity contribution in [3.8, 4) is 11.8 Å². The minimum absolute atomic E-state index is 0.110. The first-order chi connectivity index (χ1) is 11.4. The highest BCUT2D eigenvalue weighted by atomic mass is 35.5. The van der Waals surface area contributed by atoms with Gasteiger partial charge >= 0.3 is 0 Å². The van der Waals surface area contributed by atoms with Crippen molar-refractivity contribution < 1.29 is 8.42 Å². The normalized spacial score (nSPS) is 27.2. The molecule has 4 N–H and O–H groups in total. The van der Waals surface area contributed by atoms with Crippen LogP contribution in [0.1, 0.15) is 49.8 Å². The largest absolute Gasteiger partial charge is 0.386 e. The first-order valence-corrected chi connectivity index (χ1v) is 10.9. The monoisotopic (exact) mass is 399 g/mol. The second kappa shape index (κ2) is 5.71. The molecule has 1 atom stereocenters. The Morgan fingerprint density at radius 3 is 2.48 bits per heavy atom. The zero-order chi connectivity index (χ0) is 18.7. The van der Waals surface area contributed by atoms with Gasteiger partial charge < -0.3 is 11.5 Å². The second-order valence-electron chi connectivity index (χ2n) is 7.82. The fourth-order valence-electron chi connectivity index (χ4n) is 3.09. The fourth-order valence-corrected chi connectivity index (χ4v) is 6.93. The molecule has 3 rings (SSSR count). The van der Waals surface area contributed by atoms with Crippen LogP contribution in [0.4, 0.5) is 0 Å². The third-order valence-electron chi connectivity index (χ3n) is 4.59.